The molecule has 0 bridgehead atoms. The summed E-state index contributed by atoms with van der Waals surface area (Å²) in [5.41, 5.74) is 0.611. The van der Waals surface area contributed by atoms with Gasteiger partial charge in [0.2, 0.25) is 0 Å². The van der Waals surface area contributed by atoms with Crippen molar-refractivity contribution < 1.29 is 4.79 Å². The zero-order chi connectivity index (χ0) is 13.1. The molecular formula is C14H20N2O. The first kappa shape index (κ1) is 13.4. The molecule has 3 nitrogen and oxygen atoms in total. The van der Waals surface area contributed by atoms with E-state index < -0.39 is 0 Å². The van der Waals surface area contributed by atoms with Crippen LogP contribution >= 0.6 is 0 Å². The molecule has 1 rings (SSSR count). The molecule has 0 radical (unpaired) electrons. The highest BCUT2D eigenvalue weighted by molar-refractivity contribution is 5.93. The number of pyridine rings is 1. The second-order valence-electron chi connectivity index (χ2n) is 5.03. The van der Waals surface area contributed by atoms with Crippen molar-refractivity contribution in [2.24, 2.45) is 0 Å². The second-order valence-corrected chi connectivity index (χ2v) is 5.03. The van der Waals surface area contributed by atoms with Crippen molar-refractivity contribution in [1.29, 1.82) is 0 Å². The Balaban J connectivity index is 3.03. The van der Waals surface area contributed by atoms with E-state index in [4.69, 9.17) is 0 Å². The zero-order valence-electron chi connectivity index (χ0n) is 11.0. The highest BCUT2D eigenvalue weighted by Crippen LogP contribution is 2.21. The third kappa shape index (κ3) is 3.41. The van der Waals surface area contributed by atoms with Crippen molar-refractivity contribution in [3.05, 3.63) is 36.5 Å². The SMILES string of the molecule is C=CCN(c1ccc(C(C)=O)cn1)C(C)(C)C. The Kier molecular flexibility index (Phi) is 4.05. The molecule has 1 aromatic heterocycles. The van der Waals surface area contributed by atoms with Gasteiger partial charge in [0, 0.05) is 23.8 Å². The maximum absolute atomic E-state index is 11.2. The number of Topliss-reactive ketones (excluding diaryl/α,β-unsaturated/α-hetero) is 1. The van der Waals surface area contributed by atoms with Crippen LogP contribution in [0.15, 0.2) is 31.0 Å². The predicted molar refractivity (Wildman–Crippen MR) is 71.5 cm³/mol. The van der Waals surface area contributed by atoms with Gasteiger partial charge in [-0.05, 0) is 39.8 Å². The van der Waals surface area contributed by atoms with E-state index in [0.29, 0.717) is 5.56 Å². The second kappa shape index (κ2) is 5.13. The quantitative estimate of drug-likeness (QED) is 0.591. The van der Waals surface area contributed by atoms with Gasteiger partial charge >= 0.3 is 0 Å². The summed E-state index contributed by atoms with van der Waals surface area (Å²) in [6, 6.07) is 3.69. The maximum Gasteiger partial charge on any atom is 0.161 e. The molecule has 0 aliphatic heterocycles. The molecule has 0 saturated heterocycles. The van der Waals surface area contributed by atoms with Crippen molar-refractivity contribution in [2.45, 2.75) is 33.2 Å². The van der Waals surface area contributed by atoms with Crippen LogP contribution in [0, 0.1) is 0 Å². The van der Waals surface area contributed by atoms with Crippen LogP contribution in [0.3, 0.4) is 0 Å². The van der Waals surface area contributed by atoms with Crippen LogP contribution in [-0.2, 0) is 0 Å². The molecule has 1 heterocycles. The summed E-state index contributed by atoms with van der Waals surface area (Å²) in [6.07, 6.45) is 3.48. The van der Waals surface area contributed by atoms with Crippen molar-refractivity contribution in [3.63, 3.8) is 0 Å². The van der Waals surface area contributed by atoms with Gasteiger partial charge in [-0.2, -0.15) is 0 Å². The molecule has 17 heavy (non-hydrogen) atoms. The number of hydrogen-bond acceptors (Lipinski definition) is 3. The number of carbonyl (C=O) groups excluding carboxylic acids is 1. The molecule has 0 spiro atoms. The van der Waals surface area contributed by atoms with Gasteiger partial charge in [0.15, 0.2) is 5.78 Å². The van der Waals surface area contributed by atoms with Crippen LogP contribution in [0.5, 0.6) is 0 Å². The van der Waals surface area contributed by atoms with Crippen LogP contribution < -0.4 is 4.90 Å². The lowest BCUT2D eigenvalue weighted by molar-refractivity contribution is 0.101. The summed E-state index contributed by atoms with van der Waals surface area (Å²) < 4.78 is 0. The lowest BCUT2D eigenvalue weighted by Crippen LogP contribution is -2.42. The van der Waals surface area contributed by atoms with Crippen molar-refractivity contribution in [3.8, 4) is 0 Å². The van der Waals surface area contributed by atoms with Crippen LogP contribution in [0.1, 0.15) is 38.1 Å². The van der Waals surface area contributed by atoms with E-state index in [9.17, 15) is 4.79 Å². The molecule has 0 unspecified atom stereocenters. The average molecular weight is 232 g/mol. The van der Waals surface area contributed by atoms with E-state index in [1.807, 2.05) is 18.2 Å². The molecule has 1 aromatic rings. The van der Waals surface area contributed by atoms with Crippen molar-refractivity contribution in [1.82, 2.24) is 4.98 Å². The minimum Gasteiger partial charge on any atom is -0.348 e. The summed E-state index contributed by atoms with van der Waals surface area (Å²) in [7, 11) is 0. The van der Waals surface area contributed by atoms with Gasteiger partial charge in [0.1, 0.15) is 5.82 Å². The van der Waals surface area contributed by atoms with Crippen LogP contribution in [0.4, 0.5) is 5.82 Å². The Morgan fingerprint density at radius 1 is 1.47 bits per heavy atom. The molecule has 0 atom stereocenters. The summed E-state index contributed by atoms with van der Waals surface area (Å²) in [5, 5.41) is 0. The van der Waals surface area contributed by atoms with Crippen LogP contribution in [0.2, 0.25) is 0 Å². The largest absolute Gasteiger partial charge is 0.348 e. The maximum atomic E-state index is 11.2. The predicted octanol–water partition coefficient (Wildman–Crippen LogP) is 3.08. The number of aromatic nitrogens is 1. The Bertz CT molecular complexity index is 401. The lowest BCUT2D eigenvalue weighted by atomic mass is 10.1. The molecule has 0 aliphatic carbocycles. The summed E-state index contributed by atoms with van der Waals surface area (Å²) in [6.45, 7) is 12.4. The fourth-order valence-electron chi connectivity index (χ4n) is 1.59. The van der Waals surface area contributed by atoms with Gasteiger partial charge in [0.05, 0.1) is 0 Å². The van der Waals surface area contributed by atoms with Gasteiger partial charge in [-0.15, -0.1) is 6.58 Å². The van der Waals surface area contributed by atoms with E-state index in [-0.39, 0.29) is 11.3 Å². The Labute approximate surface area is 103 Å². The van der Waals surface area contributed by atoms with E-state index in [1.54, 1.807) is 13.1 Å². The minimum absolute atomic E-state index is 0.0288. The standard InChI is InChI=1S/C14H20N2O/c1-6-9-16(14(3,4)5)13-8-7-12(10-15-13)11(2)17/h6-8,10H,1,9H2,2-5H3. The molecule has 0 aliphatic rings. The highest BCUT2D eigenvalue weighted by atomic mass is 16.1. The summed E-state index contributed by atoms with van der Waals surface area (Å²) >= 11 is 0. The molecule has 0 aromatic carbocycles. The Morgan fingerprint density at radius 3 is 2.47 bits per heavy atom. The molecule has 0 amide bonds. The zero-order valence-corrected chi connectivity index (χ0v) is 11.0. The first-order valence-corrected chi connectivity index (χ1v) is 5.72. The summed E-state index contributed by atoms with van der Waals surface area (Å²) in [4.78, 5) is 17.7. The van der Waals surface area contributed by atoms with Gasteiger partial charge in [-0.1, -0.05) is 6.08 Å². The van der Waals surface area contributed by atoms with Gasteiger partial charge in [-0.3, -0.25) is 4.79 Å². The van der Waals surface area contributed by atoms with Crippen molar-refractivity contribution in [2.75, 3.05) is 11.4 Å². The number of nitrogens with zero attached hydrogens (tertiary/aromatic N) is 2. The lowest BCUT2D eigenvalue weighted by Gasteiger charge is -2.36. The monoisotopic (exact) mass is 232 g/mol. The number of rotatable bonds is 4. The van der Waals surface area contributed by atoms with Gasteiger partial charge < -0.3 is 4.90 Å². The third-order valence-corrected chi connectivity index (χ3v) is 2.55. The molecule has 3 heteroatoms. The fraction of sp³-hybridized carbons (Fsp3) is 0.429. The molecular weight excluding hydrogens is 212 g/mol. The van der Waals surface area contributed by atoms with Gasteiger partial charge in [-0.25, -0.2) is 4.98 Å². The van der Waals surface area contributed by atoms with E-state index in [1.165, 1.54) is 0 Å². The van der Waals surface area contributed by atoms with Gasteiger partial charge in [0.25, 0.3) is 0 Å². The number of carbonyl (C=O) groups is 1. The van der Waals surface area contributed by atoms with Crippen LogP contribution in [-0.4, -0.2) is 22.9 Å². The first-order valence-electron chi connectivity index (χ1n) is 5.72. The summed E-state index contributed by atoms with van der Waals surface area (Å²) in [5.74, 6) is 0.900. The van der Waals surface area contributed by atoms with Crippen molar-refractivity contribution >= 4 is 11.6 Å². The molecule has 0 saturated carbocycles. The molecule has 0 N–H and O–H groups in total. The smallest absolute Gasteiger partial charge is 0.161 e. The topological polar surface area (TPSA) is 33.2 Å². The third-order valence-electron chi connectivity index (χ3n) is 2.55. The number of ketones is 1. The highest BCUT2D eigenvalue weighted by Gasteiger charge is 2.21. The van der Waals surface area contributed by atoms with E-state index in [2.05, 4.69) is 37.2 Å². The average Bonchev–Trinajstić information content (AvgIpc) is 2.24. The van der Waals surface area contributed by atoms with E-state index in [0.717, 1.165) is 12.4 Å². The molecule has 92 valence electrons. The normalized spacial score (nSPS) is 11.1. The minimum atomic E-state index is -0.0288. The number of anilines is 1. The molecule has 0 fully saturated rings. The number of hydrogen-bond donors (Lipinski definition) is 0. The van der Waals surface area contributed by atoms with Crippen LogP contribution in [0.25, 0.3) is 0 Å². The fourth-order valence-corrected chi connectivity index (χ4v) is 1.59. The Hall–Kier alpha value is -1.64. The first-order chi connectivity index (χ1) is 7.86. The van der Waals surface area contributed by atoms with E-state index >= 15 is 0 Å². The Morgan fingerprint density at radius 2 is 2.12 bits per heavy atom.